The number of hydrogen-bond donors (Lipinski definition) is 2. The van der Waals surface area contributed by atoms with Gasteiger partial charge in [0, 0.05) is 50.5 Å². The maximum absolute atomic E-state index is 8.87. The predicted molar refractivity (Wildman–Crippen MR) is 81.8 cm³/mol. The van der Waals surface area contributed by atoms with Crippen LogP contribution in [0.1, 0.15) is 18.4 Å². The van der Waals surface area contributed by atoms with Gasteiger partial charge in [-0.1, -0.05) is 12.1 Å². The van der Waals surface area contributed by atoms with Gasteiger partial charge in [-0.05, 0) is 30.5 Å². The standard InChI is InChI=1S/C16H24N2O2/c1-20-12-8-17-13-14-5-4-6-16-15(14)7-10-18(16)9-2-3-11-19/h4-7,10,17,19H,2-3,8-9,11-13H2,1H3. The number of unbranched alkanes of at least 4 members (excludes halogenated alkanes) is 1. The molecule has 0 atom stereocenters. The summed E-state index contributed by atoms with van der Waals surface area (Å²) in [5, 5.41) is 13.6. The van der Waals surface area contributed by atoms with E-state index in [-0.39, 0.29) is 6.61 Å². The first kappa shape index (κ1) is 15.0. The molecule has 1 aromatic heterocycles. The number of benzene rings is 1. The fraction of sp³-hybridized carbons (Fsp3) is 0.500. The third kappa shape index (κ3) is 3.82. The zero-order valence-electron chi connectivity index (χ0n) is 12.1. The summed E-state index contributed by atoms with van der Waals surface area (Å²) in [6.07, 6.45) is 4.01. The summed E-state index contributed by atoms with van der Waals surface area (Å²) in [4.78, 5) is 0. The second kappa shape index (κ2) is 8.04. The number of ether oxygens (including phenoxy) is 1. The molecule has 2 N–H and O–H groups in total. The lowest BCUT2D eigenvalue weighted by molar-refractivity contribution is 0.199. The van der Waals surface area contributed by atoms with Gasteiger partial charge in [-0.25, -0.2) is 0 Å². The van der Waals surface area contributed by atoms with Crippen molar-refractivity contribution >= 4 is 10.9 Å². The first-order valence-corrected chi connectivity index (χ1v) is 7.24. The smallest absolute Gasteiger partial charge is 0.0587 e. The molecule has 0 saturated heterocycles. The molecule has 0 bridgehead atoms. The molecule has 2 rings (SSSR count). The third-order valence-electron chi connectivity index (χ3n) is 3.51. The molecule has 0 radical (unpaired) electrons. The SMILES string of the molecule is COCCNCc1cccc2c1ccn2CCCCO. The molecule has 0 aliphatic rings. The van der Waals surface area contributed by atoms with E-state index in [2.05, 4.69) is 40.3 Å². The summed E-state index contributed by atoms with van der Waals surface area (Å²) in [5.41, 5.74) is 2.59. The molecular formula is C16H24N2O2. The van der Waals surface area contributed by atoms with Crippen molar-refractivity contribution in [3.8, 4) is 0 Å². The lowest BCUT2D eigenvalue weighted by Crippen LogP contribution is -2.18. The Balaban J connectivity index is 2.04. The first-order valence-electron chi connectivity index (χ1n) is 7.24. The fourth-order valence-electron chi connectivity index (χ4n) is 2.43. The zero-order chi connectivity index (χ0) is 14.2. The number of aliphatic hydroxyl groups is 1. The van der Waals surface area contributed by atoms with Crippen LogP contribution in [-0.4, -0.2) is 36.5 Å². The van der Waals surface area contributed by atoms with Gasteiger partial charge in [0.1, 0.15) is 0 Å². The van der Waals surface area contributed by atoms with Crippen LogP contribution in [-0.2, 0) is 17.8 Å². The highest BCUT2D eigenvalue weighted by molar-refractivity contribution is 5.83. The van der Waals surface area contributed by atoms with Gasteiger partial charge in [-0.15, -0.1) is 0 Å². The molecule has 2 aromatic rings. The summed E-state index contributed by atoms with van der Waals surface area (Å²) in [7, 11) is 1.72. The Kier molecular flexibility index (Phi) is 6.05. The van der Waals surface area contributed by atoms with E-state index in [9.17, 15) is 0 Å². The van der Waals surface area contributed by atoms with Crippen LogP contribution < -0.4 is 5.32 Å². The van der Waals surface area contributed by atoms with Crippen LogP contribution in [0.4, 0.5) is 0 Å². The van der Waals surface area contributed by atoms with Gasteiger partial charge in [0.05, 0.1) is 6.61 Å². The van der Waals surface area contributed by atoms with Crippen LogP contribution in [0.15, 0.2) is 30.5 Å². The number of methoxy groups -OCH3 is 1. The van der Waals surface area contributed by atoms with Gasteiger partial charge in [0.2, 0.25) is 0 Å². The van der Waals surface area contributed by atoms with Gasteiger partial charge in [0.25, 0.3) is 0 Å². The summed E-state index contributed by atoms with van der Waals surface area (Å²) >= 11 is 0. The third-order valence-corrected chi connectivity index (χ3v) is 3.51. The minimum atomic E-state index is 0.272. The molecule has 0 saturated carbocycles. The Morgan fingerprint density at radius 1 is 1.25 bits per heavy atom. The Morgan fingerprint density at radius 2 is 2.15 bits per heavy atom. The second-order valence-corrected chi connectivity index (χ2v) is 4.96. The van der Waals surface area contributed by atoms with Crippen LogP contribution in [0.25, 0.3) is 10.9 Å². The zero-order valence-corrected chi connectivity index (χ0v) is 12.1. The molecule has 20 heavy (non-hydrogen) atoms. The molecule has 0 spiro atoms. The highest BCUT2D eigenvalue weighted by atomic mass is 16.5. The number of aromatic nitrogens is 1. The number of hydrogen-bond acceptors (Lipinski definition) is 3. The van der Waals surface area contributed by atoms with E-state index in [1.165, 1.54) is 16.5 Å². The highest BCUT2D eigenvalue weighted by Crippen LogP contribution is 2.20. The minimum Gasteiger partial charge on any atom is -0.396 e. The van der Waals surface area contributed by atoms with Crippen LogP contribution in [0.5, 0.6) is 0 Å². The number of fused-ring (bicyclic) bond motifs is 1. The maximum atomic E-state index is 8.87. The second-order valence-electron chi connectivity index (χ2n) is 4.96. The van der Waals surface area contributed by atoms with E-state index in [4.69, 9.17) is 9.84 Å². The van der Waals surface area contributed by atoms with E-state index < -0.39 is 0 Å². The average molecular weight is 276 g/mol. The van der Waals surface area contributed by atoms with Crippen molar-refractivity contribution < 1.29 is 9.84 Å². The van der Waals surface area contributed by atoms with Crippen molar-refractivity contribution in [2.24, 2.45) is 0 Å². The lowest BCUT2D eigenvalue weighted by Gasteiger charge is -2.08. The number of rotatable bonds is 9. The average Bonchev–Trinajstić information content (AvgIpc) is 2.88. The Morgan fingerprint density at radius 3 is 2.95 bits per heavy atom. The molecule has 110 valence electrons. The van der Waals surface area contributed by atoms with Crippen molar-refractivity contribution in [3.63, 3.8) is 0 Å². The quantitative estimate of drug-likeness (QED) is 0.690. The van der Waals surface area contributed by atoms with Gasteiger partial charge >= 0.3 is 0 Å². The fourth-order valence-corrected chi connectivity index (χ4v) is 2.43. The van der Waals surface area contributed by atoms with Crippen molar-refractivity contribution in [1.29, 1.82) is 0 Å². The highest BCUT2D eigenvalue weighted by Gasteiger charge is 2.05. The summed E-state index contributed by atoms with van der Waals surface area (Å²) in [6, 6.07) is 8.62. The molecule has 0 unspecified atom stereocenters. The normalized spacial score (nSPS) is 11.3. The monoisotopic (exact) mass is 276 g/mol. The molecule has 0 amide bonds. The molecule has 1 heterocycles. The molecule has 4 nitrogen and oxygen atoms in total. The molecule has 1 aromatic carbocycles. The van der Waals surface area contributed by atoms with E-state index in [0.717, 1.165) is 39.1 Å². The van der Waals surface area contributed by atoms with Crippen molar-refractivity contribution in [1.82, 2.24) is 9.88 Å². The van der Waals surface area contributed by atoms with Crippen LogP contribution >= 0.6 is 0 Å². The number of aliphatic hydroxyl groups excluding tert-OH is 1. The molecule has 4 heteroatoms. The Labute approximate surface area is 120 Å². The van der Waals surface area contributed by atoms with Crippen LogP contribution in [0.3, 0.4) is 0 Å². The first-order chi connectivity index (χ1) is 9.86. The van der Waals surface area contributed by atoms with Crippen molar-refractivity contribution in [3.05, 3.63) is 36.0 Å². The van der Waals surface area contributed by atoms with E-state index >= 15 is 0 Å². The van der Waals surface area contributed by atoms with E-state index in [0.29, 0.717) is 0 Å². The van der Waals surface area contributed by atoms with Crippen LogP contribution in [0.2, 0.25) is 0 Å². The van der Waals surface area contributed by atoms with Crippen LogP contribution in [0, 0.1) is 0 Å². The molecule has 0 fully saturated rings. The van der Waals surface area contributed by atoms with Gasteiger partial charge in [-0.2, -0.15) is 0 Å². The van der Waals surface area contributed by atoms with E-state index in [1.807, 2.05) is 0 Å². The Hall–Kier alpha value is -1.36. The van der Waals surface area contributed by atoms with E-state index in [1.54, 1.807) is 7.11 Å². The number of nitrogens with one attached hydrogen (secondary N) is 1. The van der Waals surface area contributed by atoms with Gasteiger partial charge in [-0.3, -0.25) is 0 Å². The van der Waals surface area contributed by atoms with Gasteiger partial charge in [0.15, 0.2) is 0 Å². The maximum Gasteiger partial charge on any atom is 0.0587 e. The summed E-state index contributed by atoms with van der Waals surface area (Å²) in [6.45, 7) is 3.70. The largest absolute Gasteiger partial charge is 0.396 e. The molecule has 0 aliphatic carbocycles. The minimum absolute atomic E-state index is 0.272. The summed E-state index contributed by atoms with van der Waals surface area (Å²) < 4.78 is 7.31. The number of aryl methyl sites for hydroxylation is 1. The topological polar surface area (TPSA) is 46.4 Å². The van der Waals surface area contributed by atoms with Gasteiger partial charge < -0.3 is 19.7 Å². The number of nitrogens with zero attached hydrogens (tertiary/aromatic N) is 1. The molecular weight excluding hydrogens is 252 g/mol. The lowest BCUT2D eigenvalue weighted by atomic mass is 10.1. The van der Waals surface area contributed by atoms with Crippen molar-refractivity contribution in [2.45, 2.75) is 25.9 Å². The van der Waals surface area contributed by atoms with Crippen molar-refractivity contribution in [2.75, 3.05) is 26.9 Å². The summed E-state index contributed by atoms with van der Waals surface area (Å²) in [5.74, 6) is 0. The molecule has 0 aliphatic heterocycles. The predicted octanol–water partition coefficient (Wildman–Crippen LogP) is 2.15. The Bertz CT molecular complexity index is 522.